The summed E-state index contributed by atoms with van der Waals surface area (Å²) in [5.41, 5.74) is 0. The Morgan fingerprint density at radius 1 is 0.800 bits per heavy atom. The first-order chi connectivity index (χ1) is 6.25. The zero-order valence-corrected chi connectivity index (χ0v) is 9.22. The van der Waals surface area contributed by atoms with Gasteiger partial charge in [0.05, 0.1) is 12.0 Å². The summed E-state index contributed by atoms with van der Waals surface area (Å²) in [5.74, 6) is 0. The number of hydrogen-bond acceptors (Lipinski definition) is 4. The molecule has 0 bridgehead atoms. The Bertz CT molecular complexity index is 240. The molecular weight excluding hydrogens is 252 g/mol. The maximum Gasteiger partial charge on any atom is 2.00 e. The number of carbonyl (C=O) groups excluding carboxylic acids is 2. The maximum absolute atomic E-state index is 10.8. The van der Waals surface area contributed by atoms with Gasteiger partial charge in [-0.1, -0.05) is 0 Å². The van der Waals surface area contributed by atoms with Crippen LogP contribution in [0.25, 0.3) is 0 Å². The molecule has 0 radical (unpaired) electrons. The first kappa shape index (κ1) is 19.9. The third-order valence-corrected chi connectivity index (χ3v) is 0.454. The van der Waals surface area contributed by atoms with E-state index in [1.165, 1.54) is 0 Å². The predicted octanol–water partition coefficient (Wildman–Crippen LogP) is -1.07. The van der Waals surface area contributed by atoms with Crippen LogP contribution in [0.1, 0.15) is 0 Å². The molecule has 0 rings (SSSR count). The third kappa shape index (κ3) is 31.8. The summed E-state index contributed by atoms with van der Waals surface area (Å²) in [5, 5.41) is 18.1. The Balaban J connectivity index is -0.000000180. The van der Waals surface area contributed by atoms with Gasteiger partial charge in [-0.3, -0.25) is 9.59 Å². The van der Waals surface area contributed by atoms with Gasteiger partial charge in [-0.05, 0) is 0 Å². The fourth-order valence-electron chi connectivity index (χ4n) is 0.178. The van der Waals surface area contributed by atoms with E-state index >= 15 is 0 Å². The number of halogens is 4. The molecule has 9 heteroatoms. The summed E-state index contributed by atoms with van der Waals surface area (Å²) in [6, 6.07) is -8.25. The van der Waals surface area contributed by atoms with Crippen molar-refractivity contribution >= 4 is 49.8 Å². The maximum atomic E-state index is 10.8. The second-order valence-electron chi connectivity index (χ2n) is 1.51. The van der Waals surface area contributed by atoms with Crippen LogP contribution in [0.15, 0.2) is 24.2 Å². The van der Waals surface area contributed by atoms with Crippen LogP contribution in [0, 0.1) is 0 Å². The molecule has 0 fully saturated rings. The molecule has 0 aliphatic carbocycles. The largest absolute Gasteiger partial charge is 2.00 e. The van der Waals surface area contributed by atoms with Crippen LogP contribution in [0.3, 0.4) is 0 Å². The SMILES string of the molecule is O=C(F)/C=C(\[O-])F.O=C(F)/C=C(\[O-])F.[Ca+2]. The van der Waals surface area contributed by atoms with Gasteiger partial charge in [0.25, 0.3) is 0 Å². The molecule has 0 saturated heterocycles. The van der Waals surface area contributed by atoms with E-state index in [-0.39, 0.29) is 49.9 Å². The molecule has 4 nitrogen and oxygen atoms in total. The van der Waals surface area contributed by atoms with Gasteiger partial charge in [-0.15, -0.1) is 0 Å². The summed E-state index contributed by atoms with van der Waals surface area (Å²) in [4.78, 5) is 18.1. The van der Waals surface area contributed by atoms with Crippen LogP contribution >= 0.6 is 0 Å². The zero-order chi connectivity index (χ0) is 11.7. The predicted molar refractivity (Wildman–Crippen MR) is 36.4 cm³/mol. The van der Waals surface area contributed by atoms with Crippen molar-refractivity contribution in [3.05, 3.63) is 24.2 Å². The number of allylic oxidation sites excluding steroid dienone is 2. The second-order valence-corrected chi connectivity index (χ2v) is 1.51. The van der Waals surface area contributed by atoms with Gasteiger partial charge >= 0.3 is 49.8 Å². The first-order valence-corrected chi connectivity index (χ1v) is 2.73. The molecule has 0 unspecified atom stereocenters. The minimum atomic E-state index is -2.06. The molecule has 0 atom stereocenters. The number of hydrogen-bond donors (Lipinski definition) is 0. The third-order valence-electron chi connectivity index (χ3n) is 0.454. The summed E-state index contributed by atoms with van der Waals surface area (Å²) in [6.07, 6.45) is -0.556. The Morgan fingerprint density at radius 3 is 1.00 bits per heavy atom. The van der Waals surface area contributed by atoms with Crippen LogP contribution in [-0.2, 0) is 9.59 Å². The van der Waals surface area contributed by atoms with E-state index in [1.54, 1.807) is 0 Å². The Morgan fingerprint density at radius 2 is 1.00 bits per heavy atom. The molecule has 80 valence electrons. The standard InChI is InChI=1S/2C3H2F2O2.Ca/c2*4-2(6)1-3(5)7;/h2*1,6H;/q;;+2/p-2/b2*2-1-;. The van der Waals surface area contributed by atoms with Gasteiger partial charge in [-0.2, -0.15) is 8.78 Å². The molecule has 0 aromatic heterocycles. The van der Waals surface area contributed by atoms with Crippen molar-refractivity contribution in [2.75, 3.05) is 0 Å². The normalized spacial score (nSPS) is 10.7. The molecule has 0 aromatic rings. The second kappa shape index (κ2) is 11.5. The average Bonchev–Trinajstić information content (AvgIpc) is 1.79. The minimum Gasteiger partial charge on any atom is -0.851 e. The van der Waals surface area contributed by atoms with E-state index in [1.807, 2.05) is 0 Å². The Kier molecular flexibility index (Phi) is 15.2. The van der Waals surface area contributed by atoms with Crippen LogP contribution in [-0.4, -0.2) is 49.8 Å². The van der Waals surface area contributed by atoms with Gasteiger partial charge in [0, 0.05) is 12.2 Å². The topological polar surface area (TPSA) is 80.3 Å². The van der Waals surface area contributed by atoms with Crippen molar-refractivity contribution in [2.24, 2.45) is 0 Å². The molecule has 0 N–H and O–H groups in total. The Labute approximate surface area is 111 Å². The van der Waals surface area contributed by atoms with Crippen LogP contribution < -0.4 is 10.2 Å². The summed E-state index contributed by atoms with van der Waals surface area (Å²) in [7, 11) is 0. The molecule has 0 amide bonds. The van der Waals surface area contributed by atoms with E-state index in [9.17, 15) is 17.6 Å². The molecule has 0 aliphatic rings. The fourth-order valence-corrected chi connectivity index (χ4v) is 0.178. The fraction of sp³-hybridized carbons (Fsp3) is 0. The minimum absolute atomic E-state index is 0. The van der Waals surface area contributed by atoms with E-state index in [2.05, 4.69) is 0 Å². The smallest absolute Gasteiger partial charge is 0.851 e. The van der Waals surface area contributed by atoms with Gasteiger partial charge in [-0.25, -0.2) is 8.78 Å². The van der Waals surface area contributed by atoms with Crippen molar-refractivity contribution < 1.29 is 37.4 Å². The average molecular weight is 254 g/mol. The molecular formula is C6H2CaF4O4. The molecule has 0 aliphatic heterocycles. The van der Waals surface area contributed by atoms with Crippen molar-refractivity contribution in [2.45, 2.75) is 0 Å². The zero-order valence-electron chi connectivity index (χ0n) is 7.01. The van der Waals surface area contributed by atoms with Crippen LogP contribution in [0.5, 0.6) is 0 Å². The van der Waals surface area contributed by atoms with E-state index < -0.39 is 24.1 Å². The molecule has 0 saturated carbocycles. The molecule has 15 heavy (non-hydrogen) atoms. The van der Waals surface area contributed by atoms with Crippen molar-refractivity contribution in [3.8, 4) is 0 Å². The summed E-state index contributed by atoms with van der Waals surface area (Å²) in [6.45, 7) is 0. The van der Waals surface area contributed by atoms with Gasteiger partial charge in [0.1, 0.15) is 0 Å². The number of carbonyl (C=O) groups is 2. The van der Waals surface area contributed by atoms with E-state index in [4.69, 9.17) is 19.8 Å². The quantitative estimate of drug-likeness (QED) is 0.206. The molecule has 0 heterocycles. The van der Waals surface area contributed by atoms with Gasteiger partial charge in [0.2, 0.25) is 0 Å². The number of rotatable bonds is 2. The molecule has 0 aromatic carbocycles. The van der Waals surface area contributed by atoms with E-state index in [0.717, 1.165) is 0 Å². The van der Waals surface area contributed by atoms with Crippen LogP contribution in [0.2, 0.25) is 0 Å². The van der Waals surface area contributed by atoms with Crippen molar-refractivity contribution in [1.82, 2.24) is 0 Å². The monoisotopic (exact) mass is 254 g/mol. The molecule has 0 spiro atoms. The van der Waals surface area contributed by atoms with Gasteiger partial charge in [0.15, 0.2) is 0 Å². The summed E-state index contributed by atoms with van der Waals surface area (Å²) >= 11 is 0. The van der Waals surface area contributed by atoms with Crippen molar-refractivity contribution in [1.29, 1.82) is 0 Å². The van der Waals surface area contributed by atoms with Gasteiger partial charge < -0.3 is 10.2 Å². The van der Waals surface area contributed by atoms with E-state index in [0.29, 0.717) is 0 Å². The summed E-state index contributed by atoms with van der Waals surface area (Å²) < 4.78 is 43.2. The Hall–Kier alpha value is -0.600. The first-order valence-electron chi connectivity index (χ1n) is 2.73. The van der Waals surface area contributed by atoms with Crippen LogP contribution in [0.4, 0.5) is 17.6 Å². The van der Waals surface area contributed by atoms with Crippen molar-refractivity contribution in [3.63, 3.8) is 0 Å².